The maximum Gasteiger partial charge on any atom is 0.303 e. The largest absolute Gasteiger partial charge is 0.458 e. The topological polar surface area (TPSA) is 144 Å². The number of ether oxygens (including phenoxy) is 6. The molecule has 1 saturated carbocycles. The number of aliphatic hydroxyl groups is 1. The molecule has 2 unspecified atom stereocenters. The Hall–Kier alpha value is -6.91. The monoisotopic (exact) mass is 1180 g/mol. The minimum atomic E-state index is -1.78. The molecule has 1 saturated heterocycles. The molecule has 13 nitrogen and oxygen atoms in total. The van der Waals surface area contributed by atoms with E-state index in [9.17, 15) is 19.1 Å². The number of aromatic nitrogens is 3. The van der Waals surface area contributed by atoms with E-state index in [2.05, 4.69) is 71.0 Å². The van der Waals surface area contributed by atoms with Gasteiger partial charge in [-0.05, 0) is 115 Å². The predicted octanol–water partition coefficient (Wildman–Crippen LogP) is 14.8. The van der Waals surface area contributed by atoms with Gasteiger partial charge in [-0.15, -0.1) is 5.10 Å². The average molecular weight is 1190 g/mol. The van der Waals surface area contributed by atoms with Crippen LogP contribution in [0.1, 0.15) is 164 Å². The Bertz CT molecular complexity index is 3060. The number of β-lactam (4-membered cyclic amide) rings is 1. The molecule has 1 aliphatic carbocycles. The smallest absolute Gasteiger partial charge is 0.303 e. The van der Waals surface area contributed by atoms with Gasteiger partial charge in [0, 0.05) is 51.2 Å². The fourth-order valence-corrected chi connectivity index (χ4v) is 12.5. The molecule has 0 bridgehead atoms. The summed E-state index contributed by atoms with van der Waals surface area (Å²) in [5.41, 5.74) is 3.88. The fourth-order valence-electron chi connectivity index (χ4n) is 12.5. The fraction of sp³-hybridized carbons (Fsp3) is 0.452. The van der Waals surface area contributed by atoms with Gasteiger partial charge in [0.15, 0.2) is 5.82 Å². The minimum absolute atomic E-state index is 0.105. The third kappa shape index (κ3) is 14.5. The molecule has 1 aliphatic heterocycles. The lowest BCUT2D eigenvalue weighted by Gasteiger charge is -2.54. The summed E-state index contributed by atoms with van der Waals surface area (Å²) in [6.45, 7) is 14.2. The van der Waals surface area contributed by atoms with Crippen LogP contribution in [0.15, 0.2) is 170 Å². The Kier molecular flexibility index (Phi) is 23.2. The van der Waals surface area contributed by atoms with Crippen LogP contribution in [0, 0.1) is 11.7 Å². The number of hydrogen-bond donors (Lipinski definition) is 1. The number of unbranched alkanes of at least 4 members (excludes halogenated alkanes) is 5. The van der Waals surface area contributed by atoms with Crippen LogP contribution in [0.4, 0.5) is 10.1 Å². The lowest BCUT2D eigenvalue weighted by atomic mass is 9.70. The first-order chi connectivity index (χ1) is 42.5. The van der Waals surface area contributed by atoms with Crippen molar-refractivity contribution in [3.05, 3.63) is 209 Å². The van der Waals surface area contributed by atoms with E-state index < -0.39 is 71.5 Å². The van der Waals surface area contributed by atoms with Crippen molar-refractivity contribution in [1.82, 2.24) is 14.8 Å². The van der Waals surface area contributed by atoms with Crippen molar-refractivity contribution in [1.29, 1.82) is 0 Å². The van der Waals surface area contributed by atoms with E-state index in [1.807, 2.05) is 113 Å². The highest BCUT2D eigenvalue weighted by molar-refractivity contribution is 6.03. The number of anilines is 1. The highest BCUT2D eigenvalue weighted by Gasteiger charge is 2.63. The number of carbonyl (C=O) groups excluding carboxylic acids is 2. The molecule has 462 valence electrons. The lowest BCUT2D eigenvalue weighted by molar-refractivity contribution is -0.314. The zero-order chi connectivity index (χ0) is 61.2. The molecule has 6 aromatic carbocycles. The molecule has 87 heavy (non-hydrogen) atoms. The van der Waals surface area contributed by atoms with Crippen LogP contribution in [-0.4, -0.2) is 95.3 Å². The van der Waals surface area contributed by atoms with Crippen molar-refractivity contribution < 1.29 is 47.5 Å². The Morgan fingerprint density at radius 3 is 1.52 bits per heavy atom. The Morgan fingerprint density at radius 1 is 0.598 bits per heavy atom. The summed E-state index contributed by atoms with van der Waals surface area (Å²) in [4.78, 5) is 34.3. The quantitative estimate of drug-likeness (QED) is 0.0182. The SMILES string of the molecule is CCCCOC1[C@@H](OCCCC)[C@H](OCCCC)C(O)(c2ccc([C@@H]3[C@@H](CC[C@H](OC(C)=O)c4ccc(F)cc4)C(=O)N3c3ccc(-c4ncn(C(c5ccccc5)(c5ccccc5)c5ccccc5)n4)cc3)cc2)[C@H](OCCCC)[C@H]1OCCCC. The van der Waals surface area contributed by atoms with E-state index in [-0.39, 0.29) is 5.91 Å². The van der Waals surface area contributed by atoms with Crippen molar-refractivity contribution in [2.24, 2.45) is 5.92 Å². The second-order valence-electron chi connectivity index (χ2n) is 23.2. The molecule has 1 N–H and O–H groups in total. The first-order valence-corrected chi connectivity index (χ1v) is 31.9. The van der Waals surface area contributed by atoms with E-state index in [4.69, 9.17) is 38.5 Å². The van der Waals surface area contributed by atoms with Gasteiger partial charge in [-0.3, -0.25) is 9.59 Å². The van der Waals surface area contributed by atoms with Crippen molar-refractivity contribution in [3.63, 3.8) is 0 Å². The van der Waals surface area contributed by atoms with Gasteiger partial charge in [-0.2, -0.15) is 0 Å². The van der Waals surface area contributed by atoms with Crippen molar-refractivity contribution >= 4 is 17.6 Å². The average Bonchev–Trinajstić information content (AvgIpc) is 1.35. The summed E-state index contributed by atoms with van der Waals surface area (Å²) in [6, 6.07) is 52.1. The summed E-state index contributed by atoms with van der Waals surface area (Å²) in [5.74, 6) is -1.03. The van der Waals surface area contributed by atoms with Gasteiger partial charge in [0.2, 0.25) is 5.91 Å². The molecule has 0 spiro atoms. The second kappa shape index (κ2) is 31.3. The highest BCUT2D eigenvalue weighted by Crippen LogP contribution is 2.50. The van der Waals surface area contributed by atoms with E-state index >= 15 is 0 Å². The molecule has 9 atom stereocenters. The van der Waals surface area contributed by atoms with Crippen molar-refractivity contribution in [2.45, 2.75) is 172 Å². The van der Waals surface area contributed by atoms with Crippen LogP contribution in [0.2, 0.25) is 0 Å². The summed E-state index contributed by atoms with van der Waals surface area (Å²) in [6.07, 6.45) is 6.54. The zero-order valence-corrected chi connectivity index (χ0v) is 51.7. The third-order valence-corrected chi connectivity index (χ3v) is 17.2. The lowest BCUT2D eigenvalue weighted by Crippen LogP contribution is -2.72. The van der Waals surface area contributed by atoms with E-state index in [0.717, 1.165) is 92.0 Å². The number of nitrogens with zero attached hydrogens (tertiary/aromatic N) is 4. The summed E-state index contributed by atoms with van der Waals surface area (Å²) < 4.78 is 56.5. The van der Waals surface area contributed by atoms with Gasteiger partial charge >= 0.3 is 5.97 Å². The molecule has 2 aliphatic rings. The van der Waals surface area contributed by atoms with E-state index in [1.165, 1.54) is 19.1 Å². The number of esters is 1. The van der Waals surface area contributed by atoms with Gasteiger partial charge in [-0.1, -0.05) is 194 Å². The zero-order valence-electron chi connectivity index (χ0n) is 51.7. The van der Waals surface area contributed by atoms with Crippen LogP contribution in [0.25, 0.3) is 11.4 Å². The number of rotatable bonds is 33. The maximum atomic E-state index is 15.0. The molecule has 0 radical (unpaired) electrons. The number of carbonyl (C=O) groups is 2. The Labute approximate surface area is 514 Å². The normalized spacial score (nSPS) is 21.6. The van der Waals surface area contributed by atoms with Gasteiger partial charge < -0.3 is 38.4 Å². The molecular formula is C73H89FN4O9. The van der Waals surface area contributed by atoms with Crippen LogP contribution in [-0.2, 0) is 49.2 Å². The molecule has 1 aromatic heterocycles. The standard InChI is InChI=1S/C73H89FN4O9/c1-7-12-46-82-65-66(83-47-13-8-2)68(85-49-15-10-4)73(81,69(86-50-16-11-5)67(65)84-48-14-9-3)59-38-32-54(33-39-59)64-62(44-45-63(87-52(6)79)53-34-40-60(74)41-35-53)71(80)78(64)61-42-36-55(37-43-61)70-75-51-77(76-70)72(56-26-20-17-21-27-56,57-28-22-18-23-29-57)58-30-24-19-25-31-58/h17-43,51,62-69,81H,7-16,44-50H2,1-6H3/t62-,63+,64-,65?,66-,67+,68+,69-,73?/m1/s1. The Balaban J connectivity index is 1.11. The minimum Gasteiger partial charge on any atom is -0.458 e. The van der Waals surface area contributed by atoms with Crippen LogP contribution in [0.3, 0.4) is 0 Å². The first kappa shape index (κ1) is 64.6. The van der Waals surface area contributed by atoms with Gasteiger partial charge in [0.25, 0.3) is 0 Å². The van der Waals surface area contributed by atoms with E-state index in [0.29, 0.717) is 68.5 Å². The maximum absolute atomic E-state index is 15.0. The second-order valence-corrected chi connectivity index (χ2v) is 23.2. The van der Waals surface area contributed by atoms with Gasteiger partial charge in [0.05, 0.1) is 12.0 Å². The van der Waals surface area contributed by atoms with Crippen LogP contribution < -0.4 is 4.90 Å². The number of halogens is 1. The molecule has 9 rings (SSSR count). The molecule has 14 heteroatoms. The molecule has 2 heterocycles. The first-order valence-electron chi connectivity index (χ1n) is 31.9. The number of hydrogen-bond acceptors (Lipinski definition) is 11. The highest BCUT2D eigenvalue weighted by atomic mass is 19.1. The third-order valence-electron chi connectivity index (χ3n) is 17.2. The molecular weight excluding hydrogens is 1100 g/mol. The molecule has 2 fully saturated rings. The summed E-state index contributed by atoms with van der Waals surface area (Å²) in [7, 11) is 0. The van der Waals surface area contributed by atoms with Crippen molar-refractivity contribution in [3.8, 4) is 11.4 Å². The van der Waals surface area contributed by atoms with Crippen LogP contribution in [0.5, 0.6) is 0 Å². The van der Waals surface area contributed by atoms with Crippen LogP contribution >= 0.6 is 0 Å². The summed E-state index contributed by atoms with van der Waals surface area (Å²) in [5, 5.41) is 19.3. The number of amides is 1. The Morgan fingerprint density at radius 2 is 1.06 bits per heavy atom. The molecule has 1 amide bonds. The van der Waals surface area contributed by atoms with Gasteiger partial charge in [0.1, 0.15) is 59.9 Å². The van der Waals surface area contributed by atoms with Crippen molar-refractivity contribution in [2.75, 3.05) is 37.9 Å². The van der Waals surface area contributed by atoms with Gasteiger partial charge in [-0.25, -0.2) is 14.1 Å². The summed E-state index contributed by atoms with van der Waals surface area (Å²) >= 11 is 0. The number of benzene rings is 6. The van der Waals surface area contributed by atoms with E-state index in [1.54, 1.807) is 18.5 Å². The molecule has 7 aromatic rings. The predicted molar refractivity (Wildman–Crippen MR) is 338 cm³/mol.